The minimum atomic E-state index is -0.626. The average Bonchev–Trinajstić information content (AvgIpc) is 3.48. The molecule has 3 N–H and O–H groups in total. The molecule has 188 valence electrons. The molecule has 2 aromatic rings. The second kappa shape index (κ2) is 11.0. The van der Waals surface area contributed by atoms with Crippen LogP contribution in [0.4, 0.5) is 0 Å². The first-order valence-corrected chi connectivity index (χ1v) is 12.4. The lowest BCUT2D eigenvalue weighted by Crippen LogP contribution is -2.58. The quantitative estimate of drug-likeness (QED) is 0.544. The van der Waals surface area contributed by atoms with E-state index in [2.05, 4.69) is 26.3 Å². The van der Waals surface area contributed by atoms with Crippen LogP contribution in [-0.4, -0.2) is 68.8 Å². The molecule has 5 atom stereocenters. The molecule has 2 fully saturated rings. The molecule has 0 bridgehead atoms. The molecule has 35 heavy (non-hydrogen) atoms. The Bertz CT molecular complexity index is 1040. The molecule has 4 rings (SSSR count). The predicted octanol–water partition coefficient (Wildman–Crippen LogP) is 1.05. The van der Waals surface area contributed by atoms with Gasteiger partial charge in [-0.05, 0) is 45.2 Å². The molecular formula is C25H35N7O3. The molecule has 0 radical (unpaired) electrons. The summed E-state index contributed by atoms with van der Waals surface area (Å²) in [5.41, 5.74) is 1.52. The molecule has 10 nitrogen and oxygen atoms in total. The Labute approximate surface area is 205 Å². The Morgan fingerprint density at radius 2 is 1.83 bits per heavy atom. The number of nitrogens with zero attached hydrogens (tertiary/aromatic N) is 4. The number of likely N-dealkylation sites (N-methyl/N-ethyl adjacent to an activating group) is 1. The smallest absolute Gasteiger partial charge is 0.246 e. The summed E-state index contributed by atoms with van der Waals surface area (Å²) in [4.78, 5) is 41.5. The maximum Gasteiger partial charge on any atom is 0.246 e. The van der Waals surface area contributed by atoms with Gasteiger partial charge in [0.15, 0.2) is 0 Å². The van der Waals surface area contributed by atoms with Crippen molar-refractivity contribution in [1.29, 1.82) is 0 Å². The fraction of sp³-hybridized carbons (Fsp3) is 0.560. The molecule has 1 aromatic carbocycles. The number of carbonyl (C=O) groups is 3. The lowest BCUT2D eigenvalue weighted by Gasteiger charge is -2.36. The molecule has 2 saturated heterocycles. The van der Waals surface area contributed by atoms with Crippen molar-refractivity contribution in [3.8, 4) is 0 Å². The summed E-state index contributed by atoms with van der Waals surface area (Å²) < 4.78 is 1.60. The normalized spacial score (nSPS) is 24.1. The van der Waals surface area contributed by atoms with Gasteiger partial charge in [-0.3, -0.25) is 19.1 Å². The van der Waals surface area contributed by atoms with Crippen LogP contribution in [0.2, 0.25) is 0 Å². The van der Waals surface area contributed by atoms with Gasteiger partial charge in [-0.15, -0.1) is 5.10 Å². The minimum Gasteiger partial charge on any atom is -0.343 e. The third kappa shape index (κ3) is 5.53. The molecule has 2 aliphatic rings. The molecule has 0 spiro atoms. The Kier molecular flexibility index (Phi) is 7.80. The molecule has 3 heterocycles. The van der Waals surface area contributed by atoms with E-state index in [0.29, 0.717) is 18.5 Å². The van der Waals surface area contributed by atoms with Crippen molar-refractivity contribution in [2.75, 3.05) is 7.05 Å². The maximum atomic E-state index is 13.7. The highest BCUT2D eigenvalue weighted by Gasteiger charge is 2.44. The van der Waals surface area contributed by atoms with E-state index in [1.54, 1.807) is 36.8 Å². The van der Waals surface area contributed by atoms with Gasteiger partial charge in [-0.2, -0.15) is 0 Å². The van der Waals surface area contributed by atoms with Gasteiger partial charge in [0.1, 0.15) is 17.8 Å². The molecule has 10 heteroatoms. The van der Waals surface area contributed by atoms with Crippen molar-refractivity contribution in [3.05, 3.63) is 47.8 Å². The highest BCUT2D eigenvalue weighted by Crippen LogP contribution is 2.32. The van der Waals surface area contributed by atoms with Gasteiger partial charge in [-0.25, -0.2) is 0 Å². The first kappa shape index (κ1) is 24.8. The van der Waals surface area contributed by atoms with Crippen LogP contribution in [-0.2, 0) is 21.4 Å². The zero-order chi connectivity index (χ0) is 24.9. The van der Waals surface area contributed by atoms with E-state index >= 15 is 0 Å². The molecule has 2 unspecified atom stereocenters. The third-order valence-corrected chi connectivity index (χ3v) is 7.12. The van der Waals surface area contributed by atoms with Crippen LogP contribution in [0.5, 0.6) is 0 Å². The number of rotatable bonds is 7. The molecule has 1 aromatic heterocycles. The highest BCUT2D eigenvalue weighted by molar-refractivity contribution is 5.94. The SMILES string of the molecule is CN[C@@H](C)C(=O)N[C@H]1CCCCC2CC[C@@H](C(=O)NC(c3ccccc3)c3cn(C)nn3)N2C1=O. The van der Waals surface area contributed by atoms with Gasteiger partial charge in [-0.1, -0.05) is 48.4 Å². The van der Waals surface area contributed by atoms with Crippen LogP contribution in [0.25, 0.3) is 0 Å². The van der Waals surface area contributed by atoms with Crippen LogP contribution >= 0.6 is 0 Å². The van der Waals surface area contributed by atoms with Crippen LogP contribution in [0.1, 0.15) is 62.7 Å². The zero-order valence-corrected chi connectivity index (χ0v) is 20.6. The van der Waals surface area contributed by atoms with Crippen molar-refractivity contribution in [3.63, 3.8) is 0 Å². The number of benzene rings is 1. The lowest BCUT2D eigenvalue weighted by molar-refractivity contribution is -0.144. The fourth-order valence-corrected chi connectivity index (χ4v) is 5.06. The highest BCUT2D eigenvalue weighted by atomic mass is 16.2. The Hall–Kier alpha value is -3.27. The summed E-state index contributed by atoms with van der Waals surface area (Å²) in [6.45, 7) is 1.76. The van der Waals surface area contributed by atoms with E-state index in [9.17, 15) is 14.4 Å². The fourth-order valence-electron chi connectivity index (χ4n) is 5.06. The van der Waals surface area contributed by atoms with E-state index in [1.165, 1.54) is 0 Å². The number of aryl methyl sites for hydroxylation is 1. The second-order valence-electron chi connectivity index (χ2n) is 9.52. The summed E-state index contributed by atoms with van der Waals surface area (Å²) >= 11 is 0. The van der Waals surface area contributed by atoms with E-state index in [4.69, 9.17) is 0 Å². The predicted molar refractivity (Wildman–Crippen MR) is 130 cm³/mol. The zero-order valence-electron chi connectivity index (χ0n) is 20.6. The first-order chi connectivity index (χ1) is 16.9. The van der Waals surface area contributed by atoms with Crippen LogP contribution in [0, 0.1) is 0 Å². The number of nitrogens with one attached hydrogen (secondary N) is 3. The van der Waals surface area contributed by atoms with Gasteiger partial charge in [0.2, 0.25) is 17.7 Å². The van der Waals surface area contributed by atoms with Crippen LogP contribution < -0.4 is 16.0 Å². The van der Waals surface area contributed by atoms with Crippen molar-refractivity contribution in [2.24, 2.45) is 7.05 Å². The molecule has 0 aliphatic carbocycles. The van der Waals surface area contributed by atoms with Crippen molar-refractivity contribution < 1.29 is 14.4 Å². The maximum absolute atomic E-state index is 13.7. The summed E-state index contributed by atoms with van der Waals surface area (Å²) in [6, 6.07) is 7.53. The number of fused-ring (bicyclic) bond motifs is 1. The topological polar surface area (TPSA) is 121 Å². The minimum absolute atomic E-state index is 0.00590. The van der Waals surface area contributed by atoms with E-state index in [1.807, 2.05) is 30.3 Å². The monoisotopic (exact) mass is 481 g/mol. The van der Waals surface area contributed by atoms with Crippen molar-refractivity contribution in [2.45, 2.75) is 75.7 Å². The Balaban J connectivity index is 1.55. The summed E-state index contributed by atoms with van der Waals surface area (Å²) in [7, 11) is 3.49. The molecule has 2 aliphatic heterocycles. The standard InChI is InChI=1S/C25H35N7O3/c1-16(26-2)23(33)27-19-12-8-7-11-18-13-14-21(32(18)25(19)35)24(34)28-22(17-9-5-4-6-10-17)20-15-31(3)30-29-20/h4-6,9-10,15-16,18-19,21-22,26H,7-8,11-14H2,1-3H3,(H,27,33)(H,28,34)/t16-,18?,19-,21-,22?/m0/s1. The van der Waals surface area contributed by atoms with E-state index in [0.717, 1.165) is 31.2 Å². The van der Waals surface area contributed by atoms with Gasteiger partial charge in [0.05, 0.1) is 18.3 Å². The van der Waals surface area contributed by atoms with Gasteiger partial charge >= 0.3 is 0 Å². The Morgan fingerprint density at radius 3 is 2.51 bits per heavy atom. The van der Waals surface area contributed by atoms with Crippen LogP contribution in [0.3, 0.4) is 0 Å². The number of amides is 3. The average molecular weight is 482 g/mol. The number of carbonyl (C=O) groups excluding carboxylic acids is 3. The summed E-state index contributed by atoms with van der Waals surface area (Å²) in [5, 5.41) is 17.2. The summed E-state index contributed by atoms with van der Waals surface area (Å²) in [6.07, 6.45) is 6.43. The van der Waals surface area contributed by atoms with Gasteiger partial charge in [0, 0.05) is 13.1 Å². The van der Waals surface area contributed by atoms with Gasteiger partial charge in [0.25, 0.3) is 0 Å². The number of hydrogen-bond donors (Lipinski definition) is 3. The largest absolute Gasteiger partial charge is 0.343 e. The first-order valence-electron chi connectivity index (χ1n) is 12.4. The molecule has 3 amide bonds. The van der Waals surface area contributed by atoms with E-state index in [-0.39, 0.29) is 23.8 Å². The van der Waals surface area contributed by atoms with Crippen molar-refractivity contribution in [1.82, 2.24) is 35.8 Å². The molecule has 0 saturated carbocycles. The van der Waals surface area contributed by atoms with Crippen LogP contribution in [0.15, 0.2) is 36.5 Å². The number of aromatic nitrogens is 3. The number of hydrogen-bond acceptors (Lipinski definition) is 6. The summed E-state index contributed by atoms with van der Waals surface area (Å²) in [5.74, 6) is -0.593. The van der Waals surface area contributed by atoms with Crippen molar-refractivity contribution >= 4 is 17.7 Å². The molecular weight excluding hydrogens is 446 g/mol. The Morgan fingerprint density at radius 1 is 1.09 bits per heavy atom. The van der Waals surface area contributed by atoms with Gasteiger partial charge < -0.3 is 20.9 Å². The lowest BCUT2D eigenvalue weighted by atomic mass is 9.98. The second-order valence-corrected chi connectivity index (χ2v) is 9.52. The van der Waals surface area contributed by atoms with E-state index < -0.39 is 24.2 Å². The third-order valence-electron chi connectivity index (χ3n) is 7.12.